The van der Waals surface area contributed by atoms with Crippen LogP contribution in [0, 0.1) is 6.92 Å². The van der Waals surface area contributed by atoms with Crippen LogP contribution in [-0.2, 0) is 9.16 Å². The van der Waals surface area contributed by atoms with E-state index < -0.39 is 17.3 Å². The Hall–Kier alpha value is -1.64. The molecule has 37 heavy (non-hydrogen) atoms. The van der Waals surface area contributed by atoms with Crippen molar-refractivity contribution in [2.24, 2.45) is 0 Å². The number of amides is 1. The van der Waals surface area contributed by atoms with E-state index >= 15 is 0 Å². The summed E-state index contributed by atoms with van der Waals surface area (Å²) >= 11 is 19.6. The summed E-state index contributed by atoms with van der Waals surface area (Å²) in [6.45, 7) is 21.4. The van der Waals surface area contributed by atoms with E-state index in [0.717, 1.165) is 0 Å². The first-order valence-electron chi connectivity index (χ1n) is 11.9. The second-order valence-electron chi connectivity index (χ2n) is 11.3. The van der Waals surface area contributed by atoms with Crippen LogP contribution in [0.2, 0.25) is 20.2 Å². The topological polar surface area (TPSA) is 64.6 Å². The molecule has 1 amide bonds. The Labute approximate surface area is 238 Å². The maximum absolute atomic E-state index is 13.7. The van der Waals surface area contributed by atoms with Gasteiger partial charge in [-0.05, 0) is 71.2 Å². The van der Waals surface area contributed by atoms with E-state index in [2.05, 4.69) is 32.3 Å². The number of halogens is 3. The molecule has 0 aliphatic heterocycles. The molecular weight excluding hydrogens is 549 g/mol. The van der Waals surface area contributed by atoms with Gasteiger partial charge < -0.3 is 9.16 Å². The molecule has 1 atom stereocenters. The van der Waals surface area contributed by atoms with E-state index in [1.54, 1.807) is 52.0 Å². The van der Waals surface area contributed by atoms with Gasteiger partial charge in [-0.3, -0.25) is 0 Å². The summed E-state index contributed by atoms with van der Waals surface area (Å²) in [6, 6.07) is 4.85. The summed E-state index contributed by atoms with van der Waals surface area (Å²) in [4.78, 5) is 24.2. The predicted molar refractivity (Wildman–Crippen MR) is 155 cm³/mol. The highest BCUT2D eigenvalue weighted by atomic mass is 35.5. The van der Waals surface area contributed by atoms with Gasteiger partial charge in [-0.25, -0.2) is 19.7 Å². The Morgan fingerprint density at radius 3 is 2.24 bits per heavy atom. The Bertz CT molecular complexity index is 1140. The van der Waals surface area contributed by atoms with Gasteiger partial charge in [0.05, 0.1) is 16.3 Å². The van der Waals surface area contributed by atoms with Gasteiger partial charge in [0.25, 0.3) is 0 Å². The Balaban J connectivity index is 2.85. The number of rotatable bonds is 8. The van der Waals surface area contributed by atoms with Gasteiger partial charge >= 0.3 is 6.09 Å². The van der Waals surface area contributed by atoms with E-state index in [-0.39, 0.29) is 36.7 Å². The lowest BCUT2D eigenvalue weighted by atomic mass is 9.82. The molecule has 1 aromatic heterocycles. The molecule has 6 nitrogen and oxygen atoms in total. The van der Waals surface area contributed by atoms with Gasteiger partial charge in [0.1, 0.15) is 16.6 Å². The zero-order valence-electron chi connectivity index (χ0n) is 23.0. The van der Waals surface area contributed by atoms with Crippen molar-refractivity contribution in [3.05, 3.63) is 57.4 Å². The number of anilines is 2. The third-order valence-corrected chi connectivity index (χ3v) is 7.21. The molecule has 1 heterocycles. The molecule has 0 aliphatic rings. The minimum absolute atomic E-state index is 0.0359. The van der Waals surface area contributed by atoms with Crippen LogP contribution in [0.1, 0.15) is 79.1 Å². The zero-order chi connectivity index (χ0) is 28.3. The number of allylic oxidation sites excluding steroid dienone is 1. The highest BCUT2D eigenvalue weighted by Crippen LogP contribution is 2.45. The van der Waals surface area contributed by atoms with E-state index in [9.17, 15) is 4.79 Å². The lowest BCUT2D eigenvalue weighted by molar-refractivity contribution is 0.0593. The van der Waals surface area contributed by atoms with Crippen LogP contribution in [0.5, 0.6) is 0 Å². The fraction of sp³-hybridized carbons (Fsp3) is 0.519. The Kier molecular flexibility index (Phi) is 10.3. The van der Waals surface area contributed by atoms with Crippen molar-refractivity contribution in [1.29, 1.82) is 0 Å². The second-order valence-corrected chi connectivity index (χ2v) is 14.5. The van der Waals surface area contributed by atoms with Gasteiger partial charge in [-0.2, -0.15) is 0 Å². The highest BCUT2D eigenvalue weighted by Gasteiger charge is 2.39. The van der Waals surface area contributed by atoms with Crippen molar-refractivity contribution < 1.29 is 14.0 Å². The number of hydrogen-bond donors (Lipinski definition) is 0. The summed E-state index contributed by atoms with van der Waals surface area (Å²) in [6.07, 6.45) is 1.63. The van der Waals surface area contributed by atoms with Crippen molar-refractivity contribution in [3.63, 3.8) is 0 Å². The minimum atomic E-state index is -0.781. The number of carbonyl (C=O) groups excluding carboxylic acids is 1. The summed E-state index contributed by atoms with van der Waals surface area (Å²) in [7, 11) is 0.219. The fourth-order valence-electron chi connectivity index (χ4n) is 3.54. The average molecular weight is 585 g/mol. The van der Waals surface area contributed by atoms with Crippen molar-refractivity contribution in [3.8, 4) is 0 Å². The van der Waals surface area contributed by atoms with Crippen molar-refractivity contribution in [2.75, 3.05) is 4.90 Å². The fourth-order valence-corrected chi connectivity index (χ4v) is 5.09. The largest absolute Gasteiger partial charge is 0.443 e. The van der Waals surface area contributed by atoms with E-state index in [4.69, 9.17) is 48.9 Å². The Morgan fingerprint density at radius 1 is 1.11 bits per heavy atom. The highest BCUT2D eigenvalue weighted by molar-refractivity contribution is 6.37. The number of aromatic nitrogens is 2. The van der Waals surface area contributed by atoms with Gasteiger partial charge in [0.2, 0.25) is 9.76 Å². The van der Waals surface area contributed by atoms with E-state index in [0.29, 0.717) is 28.5 Å². The molecular formula is C27H36Cl3N3O3Si. The number of aryl methyl sites for hydroxylation is 1. The van der Waals surface area contributed by atoms with E-state index in [1.165, 1.54) is 4.90 Å². The summed E-state index contributed by atoms with van der Waals surface area (Å²) < 4.78 is 12.2. The van der Waals surface area contributed by atoms with Crippen LogP contribution in [0.3, 0.4) is 0 Å². The van der Waals surface area contributed by atoms with Gasteiger partial charge in [0.15, 0.2) is 5.82 Å². The quantitative estimate of drug-likeness (QED) is 0.176. The molecule has 1 unspecified atom stereocenters. The van der Waals surface area contributed by atoms with Gasteiger partial charge in [-0.1, -0.05) is 61.7 Å². The zero-order valence-corrected chi connectivity index (χ0v) is 26.3. The van der Waals surface area contributed by atoms with E-state index in [1.807, 2.05) is 13.8 Å². The smallest absolute Gasteiger partial charge is 0.420 e. The normalized spacial score (nSPS) is 13.3. The molecule has 0 saturated carbocycles. The SMILES string of the molecule is C=CCC(c1c(Cl)nc(C)nc1N(C(=O)OC(C)(C)C)c1ccc(Cl)cc1Cl)C(C)(C)O[Si]C(C)(C)C. The number of nitrogens with zero attached hydrogens (tertiary/aromatic N) is 3. The van der Waals surface area contributed by atoms with Crippen LogP contribution < -0.4 is 4.90 Å². The molecule has 0 fully saturated rings. The summed E-state index contributed by atoms with van der Waals surface area (Å²) in [5, 5.41) is 0.855. The molecule has 0 bridgehead atoms. The molecule has 202 valence electrons. The van der Waals surface area contributed by atoms with Crippen LogP contribution in [0.15, 0.2) is 30.9 Å². The van der Waals surface area contributed by atoms with Crippen LogP contribution in [-0.4, -0.2) is 37.0 Å². The molecule has 0 saturated heterocycles. The first-order valence-corrected chi connectivity index (χ1v) is 14.0. The average Bonchev–Trinajstić information content (AvgIpc) is 2.71. The van der Waals surface area contributed by atoms with Crippen molar-refractivity contribution in [2.45, 2.75) is 90.9 Å². The monoisotopic (exact) mass is 583 g/mol. The third kappa shape index (κ3) is 8.68. The number of benzene rings is 1. The number of carbonyl (C=O) groups is 1. The Morgan fingerprint density at radius 2 is 1.73 bits per heavy atom. The molecule has 0 aliphatic carbocycles. The molecule has 10 heteroatoms. The summed E-state index contributed by atoms with van der Waals surface area (Å²) in [5.74, 6) is 0.299. The molecule has 2 rings (SSSR count). The summed E-state index contributed by atoms with van der Waals surface area (Å²) in [5.41, 5.74) is -0.603. The molecule has 0 N–H and O–H groups in total. The second kappa shape index (κ2) is 12.0. The number of hydrogen-bond acceptors (Lipinski definition) is 5. The lowest BCUT2D eigenvalue weighted by Gasteiger charge is -2.38. The molecule has 1 aromatic carbocycles. The first kappa shape index (κ1) is 31.6. The third-order valence-electron chi connectivity index (χ3n) is 5.14. The van der Waals surface area contributed by atoms with Crippen LogP contribution >= 0.6 is 34.8 Å². The molecule has 2 aromatic rings. The maximum atomic E-state index is 13.7. The van der Waals surface area contributed by atoms with Crippen LogP contribution in [0.25, 0.3) is 0 Å². The first-order chi connectivity index (χ1) is 16.9. The van der Waals surface area contributed by atoms with Crippen molar-refractivity contribution >= 4 is 62.2 Å². The molecule has 0 spiro atoms. The van der Waals surface area contributed by atoms with Gasteiger partial charge in [-0.15, -0.1) is 6.58 Å². The van der Waals surface area contributed by atoms with Crippen molar-refractivity contribution in [1.82, 2.24) is 9.97 Å². The van der Waals surface area contributed by atoms with Crippen LogP contribution in [0.4, 0.5) is 16.3 Å². The standard InChI is InChI=1S/C27H36Cl3N3O3Si/c1-11-12-18(27(9,10)36-37-26(6,7)8)21-22(30)31-16(2)32-23(21)33(24(34)35-25(3,4)5)20-14-13-17(28)15-19(20)29/h11,13-15,18H,1,12H2,2-10H3. The maximum Gasteiger partial charge on any atom is 0.420 e. The predicted octanol–water partition coefficient (Wildman–Crippen LogP) is 9.11. The van der Waals surface area contributed by atoms with Gasteiger partial charge in [0, 0.05) is 16.5 Å². The number of ether oxygens (including phenoxy) is 1. The lowest BCUT2D eigenvalue weighted by Crippen LogP contribution is -2.39. The molecule has 2 radical (unpaired) electrons. The minimum Gasteiger partial charge on any atom is -0.443 e.